The second-order valence-corrected chi connectivity index (χ2v) is 14.4. The van der Waals surface area contributed by atoms with Crippen LogP contribution in [0, 0.1) is 0 Å². The minimum Gasteiger partial charge on any atom is -0.276 e. The van der Waals surface area contributed by atoms with Crippen LogP contribution < -0.4 is 0 Å². The van der Waals surface area contributed by atoms with Crippen molar-refractivity contribution in [1.82, 2.24) is 19.5 Å². The second-order valence-electron chi connectivity index (χ2n) is 13.3. The van der Waals surface area contributed by atoms with Crippen LogP contribution in [0.5, 0.6) is 0 Å². The molecule has 0 aliphatic heterocycles. The first kappa shape index (κ1) is 28.6. The Morgan fingerprint density at radius 1 is 0.500 bits per heavy atom. The van der Waals surface area contributed by atoms with Crippen molar-refractivity contribution in [3.8, 4) is 39.9 Å². The van der Waals surface area contributed by atoms with E-state index >= 15 is 0 Å². The van der Waals surface area contributed by atoms with E-state index in [1.807, 2.05) is 47.7 Å². The molecule has 3 heterocycles. The molecule has 0 bridgehead atoms. The smallest absolute Gasteiger partial charge is 0.238 e. The quantitative estimate of drug-likeness (QED) is 0.193. The van der Waals surface area contributed by atoms with Crippen LogP contribution in [-0.2, 0) is 5.41 Å². The molecule has 0 spiro atoms. The van der Waals surface area contributed by atoms with Gasteiger partial charge in [-0.05, 0) is 46.4 Å². The van der Waals surface area contributed by atoms with Gasteiger partial charge >= 0.3 is 0 Å². The third-order valence-electron chi connectivity index (χ3n) is 9.23. The lowest BCUT2D eigenvalue weighted by Crippen LogP contribution is -2.10. The molecule has 9 aromatic rings. The van der Waals surface area contributed by atoms with E-state index in [9.17, 15) is 0 Å². The third-order valence-corrected chi connectivity index (χ3v) is 10.4. The Morgan fingerprint density at radius 3 is 1.73 bits per heavy atom. The molecule has 0 aliphatic rings. The highest BCUT2D eigenvalue weighted by Gasteiger charge is 2.22. The van der Waals surface area contributed by atoms with Crippen molar-refractivity contribution < 1.29 is 0 Å². The summed E-state index contributed by atoms with van der Waals surface area (Å²) in [5.41, 5.74) is 7.85. The molecule has 0 radical (unpaired) electrons. The molecular weight excluding hydrogens is 605 g/mol. The highest BCUT2D eigenvalue weighted by atomic mass is 32.1. The van der Waals surface area contributed by atoms with Gasteiger partial charge in [0.05, 0.1) is 15.7 Å². The van der Waals surface area contributed by atoms with Gasteiger partial charge in [0.25, 0.3) is 0 Å². The standard InChI is InChI=1S/C43H32N4S/c1-43(2,3)31-20-24-37-35(26-31)33-22-21-32-34-25-30(27-13-7-4-8-14-27)19-23-36(34)47(38(32)39(33)48-37)42-45-40(28-15-9-5-10-16-28)44-41(46-42)29-17-11-6-12-18-29/h4-26H,1-3H3. The summed E-state index contributed by atoms with van der Waals surface area (Å²) in [6.07, 6.45) is 0. The number of thiophene rings is 1. The van der Waals surface area contributed by atoms with Crippen molar-refractivity contribution >= 4 is 53.3 Å². The number of fused-ring (bicyclic) bond motifs is 7. The highest BCUT2D eigenvalue weighted by molar-refractivity contribution is 7.26. The third kappa shape index (κ3) is 4.70. The molecule has 0 atom stereocenters. The van der Waals surface area contributed by atoms with E-state index in [-0.39, 0.29) is 5.41 Å². The summed E-state index contributed by atoms with van der Waals surface area (Å²) < 4.78 is 4.77. The maximum Gasteiger partial charge on any atom is 0.238 e. The largest absolute Gasteiger partial charge is 0.276 e. The number of aromatic nitrogens is 4. The monoisotopic (exact) mass is 636 g/mol. The lowest BCUT2D eigenvalue weighted by molar-refractivity contribution is 0.591. The van der Waals surface area contributed by atoms with Gasteiger partial charge in [-0.2, -0.15) is 9.97 Å². The van der Waals surface area contributed by atoms with Gasteiger partial charge in [-0.25, -0.2) is 4.98 Å². The van der Waals surface area contributed by atoms with Crippen LogP contribution in [0.25, 0.3) is 81.8 Å². The average molecular weight is 637 g/mol. The molecule has 48 heavy (non-hydrogen) atoms. The fourth-order valence-electron chi connectivity index (χ4n) is 6.71. The fourth-order valence-corrected chi connectivity index (χ4v) is 7.94. The summed E-state index contributed by atoms with van der Waals surface area (Å²) in [5.74, 6) is 1.90. The molecule has 0 N–H and O–H groups in total. The predicted molar refractivity (Wildman–Crippen MR) is 202 cm³/mol. The van der Waals surface area contributed by atoms with Crippen LogP contribution in [-0.4, -0.2) is 19.5 Å². The normalized spacial score (nSPS) is 12.1. The van der Waals surface area contributed by atoms with Crippen LogP contribution in [0.1, 0.15) is 26.3 Å². The summed E-state index contributed by atoms with van der Waals surface area (Å²) in [6, 6.07) is 49.3. The maximum absolute atomic E-state index is 5.20. The molecule has 230 valence electrons. The Labute approximate surface area is 283 Å². The zero-order valence-electron chi connectivity index (χ0n) is 27.0. The second kappa shape index (κ2) is 11.0. The summed E-state index contributed by atoms with van der Waals surface area (Å²) in [5, 5.41) is 4.89. The van der Waals surface area contributed by atoms with Crippen LogP contribution >= 0.6 is 11.3 Å². The molecule has 0 amide bonds. The number of hydrogen-bond acceptors (Lipinski definition) is 4. The summed E-state index contributed by atoms with van der Waals surface area (Å²) in [7, 11) is 0. The molecule has 4 nitrogen and oxygen atoms in total. The molecule has 0 aliphatic carbocycles. The molecule has 3 aromatic heterocycles. The van der Waals surface area contributed by atoms with Gasteiger partial charge in [0.2, 0.25) is 5.95 Å². The van der Waals surface area contributed by atoms with E-state index < -0.39 is 0 Å². The van der Waals surface area contributed by atoms with Crippen LogP contribution in [0.4, 0.5) is 0 Å². The summed E-state index contributed by atoms with van der Waals surface area (Å²) >= 11 is 1.84. The van der Waals surface area contributed by atoms with Crippen LogP contribution in [0.3, 0.4) is 0 Å². The summed E-state index contributed by atoms with van der Waals surface area (Å²) in [4.78, 5) is 15.4. The number of rotatable bonds is 4. The Balaban J connectivity index is 1.41. The average Bonchev–Trinajstić information content (AvgIpc) is 3.67. The topological polar surface area (TPSA) is 43.6 Å². The first-order valence-corrected chi connectivity index (χ1v) is 17.1. The maximum atomic E-state index is 5.20. The van der Waals surface area contributed by atoms with Gasteiger partial charge in [0.15, 0.2) is 11.6 Å². The van der Waals surface area contributed by atoms with E-state index in [1.54, 1.807) is 0 Å². The zero-order valence-corrected chi connectivity index (χ0v) is 27.8. The van der Waals surface area contributed by atoms with Crippen molar-refractivity contribution in [2.75, 3.05) is 0 Å². The lowest BCUT2D eigenvalue weighted by Gasteiger charge is -2.18. The molecule has 0 fully saturated rings. The molecule has 0 saturated carbocycles. The number of hydrogen-bond donors (Lipinski definition) is 0. The van der Waals surface area contributed by atoms with Crippen molar-refractivity contribution in [1.29, 1.82) is 0 Å². The van der Waals surface area contributed by atoms with Gasteiger partial charge in [-0.3, -0.25) is 4.57 Å². The Kier molecular flexibility index (Phi) is 6.53. The Morgan fingerprint density at radius 2 is 1.10 bits per heavy atom. The van der Waals surface area contributed by atoms with Crippen molar-refractivity contribution in [2.45, 2.75) is 26.2 Å². The van der Waals surface area contributed by atoms with Crippen molar-refractivity contribution in [3.63, 3.8) is 0 Å². The molecule has 6 aromatic carbocycles. The van der Waals surface area contributed by atoms with E-state index in [0.29, 0.717) is 17.6 Å². The first-order valence-electron chi connectivity index (χ1n) is 16.3. The minimum atomic E-state index is 0.0574. The fraction of sp³-hybridized carbons (Fsp3) is 0.0930. The molecule has 5 heteroatoms. The van der Waals surface area contributed by atoms with Gasteiger partial charge in [-0.1, -0.05) is 136 Å². The van der Waals surface area contributed by atoms with Crippen LogP contribution in [0.2, 0.25) is 0 Å². The number of benzene rings is 6. The predicted octanol–water partition coefficient (Wildman–Crippen LogP) is 11.6. The lowest BCUT2D eigenvalue weighted by atomic mass is 9.86. The van der Waals surface area contributed by atoms with E-state index in [0.717, 1.165) is 22.2 Å². The van der Waals surface area contributed by atoms with E-state index in [4.69, 9.17) is 15.0 Å². The van der Waals surface area contributed by atoms with Gasteiger partial charge in [-0.15, -0.1) is 11.3 Å². The molecule has 0 unspecified atom stereocenters. The van der Waals surface area contributed by atoms with Gasteiger partial charge in [0, 0.05) is 37.4 Å². The minimum absolute atomic E-state index is 0.0574. The van der Waals surface area contributed by atoms with Gasteiger partial charge in [0.1, 0.15) is 0 Å². The van der Waals surface area contributed by atoms with E-state index in [1.165, 1.54) is 47.6 Å². The molecular formula is C43H32N4S. The summed E-state index contributed by atoms with van der Waals surface area (Å²) in [6.45, 7) is 6.83. The van der Waals surface area contributed by atoms with E-state index in [2.05, 4.69) is 128 Å². The number of nitrogens with zero attached hydrogens (tertiary/aromatic N) is 4. The SMILES string of the molecule is CC(C)(C)c1ccc2sc3c(ccc4c5cc(-c6ccccc6)ccc5n(-c5nc(-c6ccccc6)nc(-c6ccccc6)n5)c43)c2c1. The molecule has 9 rings (SSSR count). The highest BCUT2D eigenvalue weighted by Crippen LogP contribution is 2.44. The first-order chi connectivity index (χ1) is 23.4. The molecule has 0 saturated heterocycles. The van der Waals surface area contributed by atoms with Crippen molar-refractivity contribution in [2.24, 2.45) is 0 Å². The van der Waals surface area contributed by atoms with Crippen LogP contribution in [0.15, 0.2) is 140 Å². The van der Waals surface area contributed by atoms with Gasteiger partial charge < -0.3 is 0 Å². The Hall–Kier alpha value is -5.65. The Bertz CT molecular complexity index is 2570. The zero-order chi connectivity index (χ0) is 32.4. The van der Waals surface area contributed by atoms with Crippen molar-refractivity contribution in [3.05, 3.63) is 145 Å².